The normalized spacial score (nSPS) is 19.3. The van der Waals surface area contributed by atoms with Crippen LogP contribution in [0, 0.1) is 11.3 Å². The minimum Gasteiger partial charge on any atom is -0.436 e. The van der Waals surface area contributed by atoms with Gasteiger partial charge in [-0.2, -0.15) is 5.26 Å². The number of benzene rings is 2. The molecule has 8 nitrogen and oxygen atoms in total. The second kappa shape index (κ2) is 9.96. The van der Waals surface area contributed by atoms with Crippen molar-refractivity contribution in [3.05, 3.63) is 71.1 Å². The second-order valence-electron chi connectivity index (χ2n) is 9.06. The van der Waals surface area contributed by atoms with Gasteiger partial charge in [0.2, 0.25) is 10.0 Å². The first-order valence-corrected chi connectivity index (χ1v) is 14.0. The first kappa shape index (κ1) is 24.3. The molecule has 0 bridgehead atoms. The smallest absolute Gasteiger partial charge is 0.257 e. The van der Waals surface area contributed by atoms with Gasteiger partial charge in [0.1, 0.15) is 5.75 Å². The molecule has 1 N–H and O–H groups in total. The first-order chi connectivity index (χ1) is 17.4. The maximum Gasteiger partial charge on any atom is 0.257 e. The molecule has 2 atom stereocenters. The number of hydrogen-bond acceptors (Lipinski definition) is 7. The fourth-order valence-corrected chi connectivity index (χ4v) is 6.15. The molecule has 2 aliphatic rings. The summed E-state index contributed by atoms with van der Waals surface area (Å²) in [4.78, 5) is 10.5. The Morgan fingerprint density at radius 1 is 1.17 bits per heavy atom. The van der Waals surface area contributed by atoms with Crippen LogP contribution in [0.1, 0.15) is 55.7 Å². The van der Waals surface area contributed by atoms with Crippen molar-refractivity contribution in [1.82, 2.24) is 9.97 Å². The Morgan fingerprint density at radius 3 is 2.56 bits per heavy atom. The van der Waals surface area contributed by atoms with Crippen LogP contribution in [-0.2, 0) is 10.0 Å². The Bertz CT molecular complexity index is 1400. The van der Waals surface area contributed by atoms with E-state index in [0.29, 0.717) is 23.9 Å². The molecule has 3 aromatic rings. The van der Waals surface area contributed by atoms with E-state index in [-0.39, 0.29) is 28.7 Å². The van der Waals surface area contributed by atoms with E-state index in [1.807, 2.05) is 37.3 Å². The maximum atomic E-state index is 12.2. The predicted molar refractivity (Wildman–Crippen MR) is 139 cm³/mol. The van der Waals surface area contributed by atoms with Crippen LogP contribution in [0.4, 0.5) is 11.4 Å². The number of ether oxygens (including phenoxy) is 1. The first-order valence-electron chi connectivity index (χ1n) is 12.0. The van der Waals surface area contributed by atoms with Crippen LogP contribution in [-0.4, -0.2) is 30.2 Å². The Labute approximate surface area is 216 Å². The van der Waals surface area contributed by atoms with Gasteiger partial charge in [0.15, 0.2) is 5.15 Å². The van der Waals surface area contributed by atoms with E-state index >= 15 is 0 Å². The zero-order valence-electron chi connectivity index (χ0n) is 19.8. The van der Waals surface area contributed by atoms with Gasteiger partial charge in [-0.15, -0.1) is 0 Å². The summed E-state index contributed by atoms with van der Waals surface area (Å²) in [5.74, 6) is 0.487. The highest BCUT2D eigenvalue weighted by Crippen LogP contribution is 2.53. The van der Waals surface area contributed by atoms with E-state index in [0.717, 1.165) is 36.1 Å². The lowest BCUT2D eigenvalue weighted by atomic mass is 9.87. The number of nitriles is 1. The van der Waals surface area contributed by atoms with E-state index in [2.05, 4.69) is 25.7 Å². The molecule has 1 saturated carbocycles. The van der Waals surface area contributed by atoms with Crippen LogP contribution in [0.25, 0.3) is 0 Å². The summed E-state index contributed by atoms with van der Waals surface area (Å²) in [6, 6.07) is 15.7. The minimum atomic E-state index is -3.37. The van der Waals surface area contributed by atoms with Crippen LogP contribution in [0.5, 0.6) is 11.6 Å². The second-order valence-corrected chi connectivity index (χ2v) is 11.3. The van der Waals surface area contributed by atoms with Crippen LogP contribution < -0.4 is 14.4 Å². The highest BCUT2D eigenvalue weighted by molar-refractivity contribution is 7.92. The molecular weight excluding hydrogens is 498 g/mol. The number of halogens is 1. The molecule has 0 radical (unpaired) electrons. The SMILES string of the molecule is CCCS(=O)(=O)Nc1ccc(C2C(C#N)c3ccc(Oc4nccnc4Cl)cc3N2C2CCC2)cc1. The highest BCUT2D eigenvalue weighted by Gasteiger charge is 2.44. The molecule has 186 valence electrons. The molecule has 1 aliphatic carbocycles. The summed E-state index contributed by atoms with van der Waals surface area (Å²) in [6.45, 7) is 1.83. The summed E-state index contributed by atoms with van der Waals surface area (Å²) >= 11 is 6.13. The van der Waals surface area contributed by atoms with Gasteiger partial charge in [0.05, 0.1) is 23.8 Å². The fraction of sp³-hybridized carbons (Fsp3) is 0.346. The Hall–Kier alpha value is -3.35. The third-order valence-corrected chi connectivity index (χ3v) is 8.43. The van der Waals surface area contributed by atoms with Gasteiger partial charge in [-0.1, -0.05) is 36.7 Å². The predicted octanol–water partition coefficient (Wildman–Crippen LogP) is 5.79. The minimum absolute atomic E-state index is 0.0723. The molecule has 0 spiro atoms. The molecule has 2 unspecified atom stereocenters. The number of nitrogens with zero attached hydrogens (tertiary/aromatic N) is 4. The lowest BCUT2D eigenvalue weighted by Gasteiger charge is -2.41. The van der Waals surface area contributed by atoms with E-state index in [1.54, 1.807) is 12.1 Å². The monoisotopic (exact) mass is 523 g/mol. The fourth-order valence-electron chi connectivity index (χ4n) is 4.87. The number of hydrogen-bond donors (Lipinski definition) is 1. The van der Waals surface area contributed by atoms with Gasteiger partial charge in [-0.25, -0.2) is 18.4 Å². The van der Waals surface area contributed by atoms with Crippen LogP contribution in [0.15, 0.2) is 54.9 Å². The molecule has 1 aromatic heterocycles. The average Bonchev–Trinajstić information content (AvgIpc) is 3.13. The molecule has 2 aromatic carbocycles. The van der Waals surface area contributed by atoms with Gasteiger partial charge < -0.3 is 9.64 Å². The van der Waals surface area contributed by atoms with E-state index in [9.17, 15) is 13.7 Å². The maximum absolute atomic E-state index is 12.2. The van der Waals surface area contributed by atoms with Gasteiger partial charge in [-0.3, -0.25) is 4.72 Å². The third-order valence-electron chi connectivity index (χ3n) is 6.67. The summed E-state index contributed by atoms with van der Waals surface area (Å²) in [5.41, 5.74) is 3.38. The molecule has 10 heteroatoms. The van der Waals surface area contributed by atoms with Crippen molar-refractivity contribution in [1.29, 1.82) is 5.26 Å². The third kappa shape index (κ3) is 4.71. The standard InChI is InChI=1S/C26H26ClN5O3S/c1-2-14-36(33,34)31-18-8-6-17(7-9-18)24-22(16-28)21-11-10-20(35-26-25(27)29-12-13-30-26)15-23(21)32(24)19-4-3-5-19/h6-13,15,19,22,24,31H,2-5,14H2,1H3. The summed E-state index contributed by atoms with van der Waals surface area (Å²) < 4.78 is 32.9. The zero-order valence-corrected chi connectivity index (χ0v) is 21.3. The summed E-state index contributed by atoms with van der Waals surface area (Å²) in [7, 11) is -3.37. The molecule has 0 saturated heterocycles. The largest absolute Gasteiger partial charge is 0.436 e. The van der Waals surface area contributed by atoms with E-state index in [4.69, 9.17) is 16.3 Å². The van der Waals surface area contributed by atoms with E-state index in [1.165, 1.54) is 12.4 Å². The number of sulfonamides is 1. The lowest BCUT2D eigenvalue weighted by Crippen LogP contribution is -2.41. The van der Waals surface area contributed by atoms with Crippen molar-refractivity contribution in [3.8, 4) is 17.7 Å². The lowest BCUT2D eigenvalue weighted by molar-refractivity contribution is 0.362. The molecule has 1 aliphatic heterocycles. The zero-order chi connectivity index (χ0) is 25.3. The molecule has 1 fully saturated rings. The van der Waals surface area contributed by atoms with Crippen LogP contribution >= 0.6 is 11.6 Å². The number of anilines is 2. The van der Waals surface area contributed by atoms with Crippen molar-refractivity contribution in [2.45, 2.75) is 50.6 Å². The molecule has 0 amide bonds. The number of nitrogens with one attached hydrogen (secondary N) is 1. The van der Waals surface area contributed by atoms with Crippen LogP contribution in [0.2, 0.25) is 5.15 Å². The Balaban J connectivity index is 1.48. The Kier molecular flexibility index (Phi) is 6.73. The molecule has 36 heavy (non-hydrogen) atoms. The van der Waals surface area contributed by atoms with Crippen molar-refractivity contribution >= 4 is 33.0 Å². The highest BCUT2D eigenvalue weighted by atomic mass is 35.5. The average molecular weight is 524 g/mol. The molecular formula is C26H26ClN5O3S. The van der Waals surface area contributed by atoms with Gasteiger partial charge in [0, 0.05) is 35.9 Å². The summed E-state index contributed by atoms with van der Waals surface area (Å²) in [5, 5.41) is 10.4. The number of aromatic nitrogens is 2. The van der Waals surface area contributed by atoms with Crippen molar-refractivity contribution in [2.75, 3.05) is 15.4 Å². The van der Waals surface area contributed by atoms with Crippen molar-refractivity contribution in [3.63, 3.8) is 0 Å². The topological polar surface area (TPSA) is 108 Å². The molecule has 2 heterocycles. The van der Waals surface area contributed by atoms with Gasteiger partial charge >= 0.3 is 0 Å². The summed E-state index contributed by atoms with van der Waals surface area (Å²) in [6.07, 6.45) is 6.79. The van der Waals surface area contributed by atoms with Gasteiger partial charge in [0.25, 0.3) is 5.88 Å². The molecule has 5 rings (SSSR count). The number of fused-ring (bicyclic) bond motifs is 1. The van der Waals surface area contributed by atoms with Crippen LogP contribution in [0.3, 0.4) is 0 Å². The van der Waals surface area contributed by atoms with Gasteiger partial charge in [-0.05, 0) is 55.0 Å². The number of rotatable bonds is 8. The van der Waals surface area contributed by atoms with E-state index < -0.39 is 10.0 Å². The quantitative estimate of drug-likeness (QED) is 0.397. The van der Waals surface area contributed by atoms with Crippen molar-refractivity contribution < 1.29 is 13.2 Å². The van der Waals surface area contributed by atoms with Crippen molar-refractivity contribution in [2.24, 2.45) is 0 Å². The Morgan fingerprint density at radius 2 is 1.92 bits per heavy atom.